The molecule has 4 aromatic carbocycles. The van der Waals surface area contributed by atoms with Crippen LogP contribution in [-0.4, -0.2) is 14.2 Å². The van der Waals surface area contributed by atoms with Crippen molar-refractivity contribution in [3.63, 3.8) is 0 Å². The van der Waals surface area contributed by atoms with Crippen LogP contribution < -0.4 is 9.47 Å². The molecule has 1 aliphatic rings. The highest BCUT2D eigenvalue weighted by Gasteiger charge is 2.36. The Morgan fingerprint density at radius 3 is 1.50 bits per heavy atom. The van der Waals surface area contributed by atoms with Crippen LogP contribution in [0.2, 0.25) is 0 Å². The Balaban J connectivity index is 1.76. The van der Waals surface area contributed by atoms with E-state index in [1.54, 1.807) is 14.2 Å². The molecule has 0 N–H and O–H groups in total. The highest BCUT2D eigenvalue weighted by molar-refractivity contribution is 5.79. The van der Waals surface area contributed by atoms with Gasteiger partial charge in [0.2, 0.25) is 0 Å². The van der Waals surface area contributed by atoms with Gasteiger partial charge in [0.25, 0.3) is 0 Å². The summed E-state index contributed by atoms with van der Waals surface area (Å²) in [7, 11) is 3.44. The Labute approximate surface area is 177 Å². The predicted octanol–water partition coefficient (Wildman–Crippen LogP) is 6.65. The molecular weight excluding hydrogens is 368 g/mol. The maximum absolute atomic E-state index is 5.56. The van der Waals surface area contributed by atoms with Gasteiger partial charge in [-0.25, -0.2) is 0 Å². The topological polar surface area (TPSA) is 18.5 Å². The van der Waals surface area contributed by atoms with Crippen molar-refractivity contribution in [1.29, 1.82) is 0 Å². The number of fused-ring (bicyclic) bond motifs is 3. The first-order valence-electron chi connectivity index (χ1n) is 10.3. The lowest BCUT2D eigenvalue weighted by Gasteiger charge is -2.27. The molecule has 0 radical (unpaired) electrons. The lowest BCUT2D eigenvalue weighted by Crippen LogP contribution is -2.13. The molecule has 0 bridgehead atoms. The molecule has 0 fully saturated rings. The van der Waals surface area contributed by atoms with Crippen LogP contribution in [0.15, 0.2) is 97.1 Å². The fourth-order valence-corrected chi connectivity index (χ4v) is 4.80. The lowest BCUT2D eigenvalue weighted by atomic mass is 9.76. The van der Waals surface area contributed by atoms with E-state index in [1.807, 2.05) is 12.1 Å². The molecule has 0 amide bonds. The van der Waals surface area contributed by atoms with Crippen molar-refractivity contribution in [2.75, 3.05) is 14.2 Å². The summed E-state index contributed by atoms with van der Waals surface area (Å²) < 4.78 is 11.1. The summed E-state index contributed by atoms with van der Waals surface area (Å²) in [4.78, 5) is 0. The molecule has 0 spiro atoms. The van der Waals surface area contributed by atoms with Crippen LogP contribution in [-0.2, 0) is 0 Å². The maximum atomic E-state index is 5.56. The number of methoxy groups -OCH3 is 2. The second-order valence-electron chi connectivity index (χ2n) is 7.68. The molecule has 0 saturated heterocycles. The fraction of sp³-hybridized carbons (Fsp3) is 0.143. The Kier molecular flexibility index (Phi) is 4.76. The molecule has 0 saturated carbocycles. The van der Waals surface area contributed by atoms with Crippen molar-refractivity contribution < 1.29 is 9.47 Å². The molecule has 30 heavy (non-hydrogen) atoms. The third-order valence-electron chi connectivity index (χ3n) is 6.12. The van der Waals surface area contributed by atoms with Gasteiger partial charge in [0.1, 0.15) is 11.5 Å². The van der Waals surface area contributed by atoms with E-state index in [0.29, 0.717) is 0 Å². The average molecular weight is 392 g/mol. The van der Waals surface area contributed by atoms with Crippen molar-refractivity contribution in [2.24, 2.45) is 0 Å². The Morgan fingerprint density at radius 2 is 1.03 bits per heavy atom. The van der Waals surface area contributed by atoms with E-state index in [2.05, 4.69) is 84.9 Å². The van der Waals surface area contributed by atoms with Gasteiger partial charge < -0.3 is 9.47 Å². The Hall–Kier alpha value is -3.52. The fourth-order valence-electron chi connectivity index (χ4n) is 4.80. The van der Waals surface area contributed by atoms with Gasteiger partial charge in [-0.05, 0) is 57.6 Å². The van der Waals surface area contributed by atoms with Crippen molar-refractivity contribution in [1.82, 2.24) is 0 Å². The van der Waals surface area contributed by atoms with Crippen molar-refractivity contribution in [2.45, 2.75) is 11.8 Å². The second kappa shape index (κ2) is 7.72. The number of hydrogen-bond acceptors (Lipinski definition) is 2. The van der Waals surface area contributed by atoms with E-state index in [0.717, 1.165) is 11.5 Å². The quantitative estimate of drug-likeness (QED) is 0.379. The van der Waals surface area contributed by atoms with Gasteiger partial charge in [-0.15, -0.1) is 0 Å². The molecule has 4 aromatic rings. The molecule has 1 aliphatic carbocycles. The largest absolute Gasteiger partial charge is 0.497 e. The van der Waals surface area contributed by atoms with Crippen molar-refractivity contribution >= 4 is 0 Å². The lowest BCUT2D eigenvalue weighted by molar-refractivity contribution is 0.413. The van der Waals surface area contributed by atoms with Crippen LogP contribution in [0, 0.1) is 0 Å². The van der Waals surface area contributed by atoms with E-state index >= 15 is 0 Å². The summed E-state index contributed by atoms with van der Waals surface area (Å²) in [6, 6.07) is 34.5. The second-order valence-corrected chi connectivity index (χ2v) is 7.68. The van der Waals surface area contributed by atoms with Crippen LogP contribution in [0.1, 0.15) is 34.1 Å². The van der Waals surface area contributed by atoms with Gasteiger partial charge in [-0.1, -0.05) is 72.8 Å². The van der Waals surface area contributed by atoms with Crippen molar-refractivity contribution in [3.05, 3.63) is 119 Å². The van der Waals surface area contributed by atoms with Gasteiger partial charge in [-0.3, -0.25) is 0 Å². The molecule has 0 unspecified atom stereocenters. The molecule has 5 rings (SSSR count). The minimum Gasteiger partial charge on any atom is -0.497 e. The first-order valence-corrected chi connectivity index (χ1v) is 10.3. The molecule has 0 aromatic heterocycles. The first kappa shape index (κ1) is 18.5. The van der Waals surface area contributed by atoms with Gasteiger partial charge in [0, 0.05) is 11.8 Å². The van der Waals surface area contributed by atoms with Crippen LogP contribution in [0.5, 0.6) is 11.5 Å². The maximum Gasteiger partial charge on any atom is 0.119 e. The Morgan fingerprint density at radius 1 is 0.567 bits per heavy atom. The molecule has 148 valence electrons. The molecule has 0 aliphatic heterocycles. The van der Waals surface area contributed by atoms with E-state index < -0.39 is 0 Å². The first-order chi connectivity index (χ1) is 14.8. The highest BCUT2D eigenvalue weighted by Crippen LogP contribution is 2.53. The molecule has 0 heterocycles. The number of benzene rings is 4. The number of ether oxygens (including phenoxy) is 2. The SMILES string of the molecule is COc1cccc(C(c2cccc(OC)c2)C2c3ccccc3-c3ccccc32)c1. The molecule has 2 nitrogen and oxygen atoms in total. The van der Waals surface area contributed by atoms with E-state index in [9.17, 15) is 0 Å². The highest BCUT2D eigenvalue weighted by atomic mass is 16.5. The number of hydrogen-bond donors (Lipinski definition) is 0. The smallest absolute Gasteiger partial charge is 0.119 e. The van der Waals surface area contributed by atoms with Gasteiger partial charge in [0.05, 0.1) is 14.2 Å². The number of rotatable bonds is 5. The van der Waals surface area contributed by atoms with Crippen LogP contribution in [0.25, 0.3) is 11.1 Å². The van der Waals surface area contributed by atoms with Gasteiger partial charge in [0.15, 0.2) is 0 Å². The van der Waals surface area contributed by atoms with Crippen molar-refractivity contribution in [3.8, 4) is 22.6 Å². The summed E-state index contributed by atoms with van der Waals surface area (Å²) in [5, 5.41) is 0. The summed E-state index contributed by atoms with van der Waals surface area (Å²) in [6.07, 6.45) is 0. The van der Waals surface area contributed by atoms with E-state index in [1.165, 1.54) is 33.4 Å². The summed E-state index contributed by atoms with van der Waals surface area (Å²) >= 11 is 0. The van der Waals surface area contributed by atoms with E-state index in [4.69, 9.17) is 9.47 Å². The van der Waals surface area contributed by atoms with Crippen LogP contribution in [0.4, 0.5) is 0 Å². The summed E-state index contributed by atoms with van der Waals surface area (Å²) in [6.45, 7) is 0. The van der Waals surface area contributed by atoms with E-state index in [-0.39, 0.29) is 11.8 Å². The molecular formula is C28H24O2. The summed E-state index contributed by atoms with van der Waals surface area (Å²) in [5.41, 5.74) is 7.87. The predicted molar refractivity (Wildman–Crippen MR) is 122 cm³/mol. The van der Waals surface area contributed by atoms with Gasteiger partial charge in [-0.2, -0.15) is 0 Å². The zero-order chi connectivity index (χ0) is 20.5. The van der Waals surface area contributed by atoms with Crippen LogP contribution >= 0.6 is 0 Å². The normalized spacial score (nSPS) is 12.5. The third kappa shape index (κ3) is 3.05. The molecule has 0 atom stereocenters. The van der Waals surface area contributed by atoms with Crippen LogP contribution in [0.3, 0.4) is 0 Å². The minimum absolute atomic E-state index is 0.139. The average Bonchev–Trinajstić information content (AvgIpc) is 3.14. The standard InChI is InChI=1S/C28H24O2/c1-29-21-11-7-9-19(17-21)27(20-10-8-12-22(18-20)30-2)28-25-15-5-3-13-23(25)24-14-4-6-16-26(24)28/h3-18,27-28H,1-2H3. The zero-order valence-electron chi connectivity index (χ0n) is 17.2. The summed E-state index contributed by atoms with van der Waals surface area (Å²) in [5.74, 6) is 2.11. The van der Waals surface area contributed by atoms with Gasteiger partial charge >= 0.3 is 0 Å². The monoisotopic (exact) mass is 392 g/mol. The molecule has 2 heteroatoms. The minimum atomic E-state index is 0.139. The zero-order valence-corrected chi connectivity index (χ0v) is 17.2. The third-order valence-corrected chi connectivity index (χ3v) is 6.12. The Bertz CT molecular complexity index is 1100.